The first-order valence-corrected chi connectivity index (χ1v) is 11.2. The van der Waals surface area contributed by atoms with Gasteiger partial charge in [0, 0.05) is 15.8 Å². The molecule has 0 heterocycles. The van der Waals surface area contributed by atoms with Crippen LogP contribution in [0.1, 0.15) is 53.4 Å². The summed E-state index contributed by atoms with van der Waals surface area (Å²) in [5.41, 5.74) is 0. The second kappa shape index (κ2) is 17.8. The summed E-state index contributed by atoms with van der Waals surface area (Å²) >= 11 is 0. The van der Waals surface area contributed by atoms with E-state index in [-0.39, 0.29) is 49.8 Å². The normalized spacial score (nSPS) is 13.4. The highest BCUT2D eigenvalue weighted by molar-refractivity contribution is 7.74. The lowest BCUT2D eigenvalue weighted by Crippen LogP contribution is -3.00. The van der Waals surface area contributed by atoms with Crippen LogP contribution in [0.15, 0.2) is 0 Å². The standard InChI is InChI=1S/C13H30P2.2BrH/c1-5-9-11-14(7-3)13-15(8-4)12-10-6-2;;/h5-13H2,1-4H3;2*1H. The van der Waals surface area contributed by atoms with Crippen molar-refractivity contribution in [1.29, 1.82) is 0 Å². The molecule has 0 aromatic heterocycles. The van der Waals surface area contributed by atoms with Crippen LogP contribution in [0.3, 0.4) is 0 Å². The minimum atomic E-state index is 0. The maximum Gasteiger partial charge on any atom is 0.155 e. The van der Waals surface area contributed by atoms with Crippen LogP contribution in [0.5, 0.6) is 0 Å². The maximum atomic E-state index is 2.43. The topological polar surface area (TPSA) is 0 Å². The van der Waals surface area contributed by atoms with Crippen LogP contribution in [0.4, 0.5) is 0 Å². The van der Waals surface area contributed by atoms with E-state index in [9.17, 15) is 0 Å². The number of halogens is 2. The summed E-state index contributed by atoms with van der Waals surface area (Å²) < 4.78 is 0. The molecule has 0 radical (unpaired) electrons. The third-order valence-electron chi connectivity index (χ3n) is 3.27. The Hall–Kier alpha value is 1.82. The van der Waals surface area contributed by atoms with Gasteiger partial charge in [-0.25, -0.2) is 0 Å². The summed E-state index contributed by atoms with van der Waals surface area (Å²) in [6, 6.07) is 0. The van der Waals surface area contributed by atoms with Crippen LogP contribution in [-0.4, -0.2) is 30.6 Å². The molecule has 0 nitrogen and oxygen atoms in total. The van der Waals surface area contributed by atoms with Gasteiger partial charge in [-0.3, -0.25) is 0 Å². The third kappa shape index (κ3) is 14.0. The first-order valence-electron chi connectivity index (χ1n) is 6.95. The summed E-state index contributed by atoms with van der Waals surface area (Å²) in [5.74, 6) is 1.70. The molecule has 0 aliphatic carbocycles. The van der Waals surface area contributed by atoms with Crippen LogP contribution in [0.25, 0.3) is 0 Å². The number of unbranched alkanes of at least 4 members (excludes halogenated alkanes) is 2. The van der Waals surface area contributed by atoms with Crippen LogP contribution >= 0.6 is 15.8 Å². The predicted molar refractivity (Wildman–Crippen MR) is 82.1 cm³/mol. The Balaban J connectivity index is -0.000000980. The zero-order chi connectivity index (χ0) is 11.5. The van der Waals surface area contributed by atoms with E-state index < -0.39 is 0 Å². The molecule has 0 saturated heterocycles. The first kappa shape index (κ1) is 23.9. The molecule has 108 valence electrons. The molecule has 17 heavy (non-hydrogen) atoms. The van der Waals surface area contributed by atoms with Gasteiger partial charge >= 0.3 is 0 Å². The van der Waals surface area contributed by atoms with Gasteiger partial charge in [-0.1, -0.05) is 26.7 Å². The van der Waals surface area contributed by atoms with Crippen molar-refractivity contribution < 1.29 is 34.0 Å². The summed E-state index contributed by atoms with van der Waals surface area (Å²) in [6.45, 7) is 9.52. The van der Waals surface area contributed by atoms with Gasteiger partial charge < -0.3 is 34.0 Å². The van der Waals surface area contributed by atoms with E-state index in [1.165, 1.54) is 38.0 Å². The van der Waals surface area contributed by atoms with E-state index in [0.29, 0.717) is 0 Å². The lowest BCUT2D eigenvalue weighted by molar-refractivity contribution is -0.00100. The molecular formula is C13H32Br2P2. The Bertz CT molecular complexity index is 121. The quantitative estimate of drug-likeness (QED) is 0.407. The summed E-state index contributed by atoms with van der Waals surface area (Å²) in [4.78, 5) is 0. The zero-order valence-corrected chi connectivity index (χ0v) is 17.3. The van der Waals surface area contributed by atoms with Crippen molar-refractivity contribution in [3.05, 3.63) is 0 Å². The third-order valence-corrected chi connectivity index (χ3v) is 11.4. The summed E-state index contributed by atoms with van der Waals surface area (Å²) in [7, 11) is 0.116. The molecule has 0 N–H and O–H groups in total. The number of rotatable bonds is 10. The Morgan fingerprint density at radius 3 is 1.24 bits per heavy atom. The molecule has 0 fully saturated rings. The van der Waals surface area contributed by atoms with Crippen molar-refractivity contribution in [2.45, 2.75) is 53.4 Å². The molecule has 0 aliphatic rings. The molecule has 0 spiro atoms. The zero-order valence-electron chi connectivity index (χ0n) is 12.1. The van der Waals surface area contributed by atoms with Crippen LogP contribution in [0, 0.1) is 0 Å². The van der Waals surface area contributed by atoms with E-state index in [1.54, 1.807) is 18.2 Å². The van der Waals surface area contributed by atoms with Crippen molar-refractivity contribution >= 4 is 15.8 Å². The SMILES string of the molecule is CCCC[PH+](CC)C[PH+](CC)CCCC.[Br-].[Br-]. The average Bonchev–Trinajstić information content (AvgIpc) is 2.28. The second-order valence-corrected chi connectivity index (χ2v) is 11.4. The van der Waals surface area contributed by atoms with Crippen molar-refractivity contribution in [1.82, 2.24) is 0 Å². The van der Waals surface area contributed by atoms with E-state index in [2.05, 4.69) is 27.7 Å². The van der Waals surface area contributed by atoms with Crippen LogP contribution < -0.4 is 34.0 Å². The highest BCUT2D eigenvalue weighted by Gasteiger charge is 2.23. The highest BCUT2D eigenvalue weighted by Crippen LogP contribution is 2.51. The van der Waals surface area contributed by atoms with E-state index >= 15 is 0 Å². The minimum Gasteiger partial charge on any atom is -1.00 e. The second-order valence-electron chi connectivity index (χ2n) is 4.59. The van der Waals surface area contributed by atoms with Gasteiger partial charge in [0.1, 0.15) is 0 Å². The lowest BCUT2D eigenvalue weighted by Gasteiger charge is -2.11. The molecule has 0 rings (SSSR count). The van der Waals surface area contributed by atoms with Crippen molar-refractivity contribution in [3.8, 4) is 0 Å². The molecule has 0 amide bonds. The molecule has 0 aromatic carbocycles. The monoisotopic (exact) mass is 408 g/mol. The Morgan fingerprint density at radius 2 is 1.00 bits per heavy atom. The summed E-state index contributed by atoms with van der Waals surface area (Å²) in [6.07, 6.45) is 12.0. The maximum absolute atomic E-state index is 2.43. The number of hydrogen-bond donors (Lipinski definition) is 0. The van der Waals surface area contributed by atoms with Crippen molar-refractivity contribution in [3.63, 3.8) is 0 Å². The molecule has 0 saturated carbocycles. The fourth-order valence-corrected chi connectivity index (χ4v) is 10.6. The van der Waals surface area contributed by atoms with E-state index in [0.717, 1.165) is 0 Å². The molecule has 0 bridgehead atoms. The van der Waals surface area contributed by atoms with E-state index in [1.807, 2.05) is 0 Å². The highest BCUT2D eigenvalue weighted by atomic mass is 79.9. The van der Waals surface area contributed by atoms with Gasteiger partial charge in [0.25, 0.3) is 0 Å². The van der Waals surface area contributed by atoms with Gasteiger partial charge in [0.15, 0.2) is 5.90 Å². The first-order chi connectivity index (χ1) is 7.28. The Morgan fingerprint density at radius 1 is 0.647 bits per heavy atom. The average molecular weight is 410 g/mol. The van der Waals surface area contributed by atoms with Gasteiger partial charge in [-0.2, -0.15) is 0 Å². The molecule has 2 unspecified atom stereocenters. The van der Waals surface area contributed by atoms with Crippen LogP contribution in [-0.2, 0) is 0 Å². The minimum absolute atomic E-state index is 0. The molecule has 4 heteroatoms. The smallest absolute Gasteiger partial charge is 0.155 e. The predicted octanol–water partition coefficient (Wildman–Crippen LogP) is -0.980. The van der Waals surface area contributed by atoms with Crippen molar-refractivity contribution in [2.24, 2.45) is 0 Å². The number of hydrogen-bond acceptors (Lipinski definition) is 0. The fourth-order valence-electron chi connectivity index (χ4n) is 1.99. The van der Waals surface area contributed by atoms with Gasteiger partial charge in [-0.15, -0.1) is 0 Å². The Labute approximate surface area is 133 Å². The summed E-state index contributed by atoms with van der Waals surface area (Å²) in [5, 5.41) is 0. The van der Waals surface area contributed by atoms with Gasteiger partial charge in [-0.05, 0) is 26.7 Å². The van der Waals surface area contributed by atoms with E-state index in [4.69, 9.17) is 0 Å². The molecule has 0 aromatic rings. The molecular weight excluding hydrogens is 378 g/mol. The molecule has 2 atom stereocenters. The largest absolute Gasteiger partial charge is 1.00 e. The van der Waals surface area contributed by atoms with Gasteiger partial charge in [0.2, 0.25) is 0 Å². The Kier molecular flexibility index (Phi) is 25.0. The fraction of sp³-hybridized carbons (Fsp3) is 1.00. The molecule has 0 aliphatic heterocycles. The van der Waals surface area contributed by atoms with Crippen LogP contribution in [0.2, 0.25) is 0 Å². The lowest BCUT2D eigenvalue weighted by atomic mass is 10.4. The van der Waals surface area contributed by atoms with Gasteiger partial charge in [0.05, 0.1) is 24.6 Å². The van der Waals surface area contributed by atoms with Crippen molar-refractivity contribution in [2.75, 3.05) is 30.6 Å².